The Morgan fingerprint density at radius 2 is 1.59 bits per heavy atom. The molecule has 2 aliphatic rings. The minimum atomic E-state index is -0.184. The minimum Gasteiger partial charge on any atom is -0.369 e. The highest BCUT2D eigenvalue weighted by Crippen LogP contribution is 2.17. The molecule has 32 heavy (non-hydrogen) atoms. The normalized spacial score (nSPS) is 18.2. The third-order valence-electron chi connectivity index (χ3n) is 5.99. The largest absolute Gasteiger partial charge is 0.369 e. The quantitative estimate of drug-likeness (QED) is 0.540. The topological polar surface area (TPSA) is 63.1 Å². The first kappa shape index (κ1) is 22.3. The lowest BCUT2D eigenvalue weighted by molar-refractivity contribution is 0.264. The van der Waals surface area contributed by atoms with Crippen LogP contribution in [-0.4, -0.2) is 97.7 Å². The second-order valence-corrected chi connectivity index (χ2v) is 8.06. The van der Waals surface area contributed by atoms with Gasteiger partial charge in [-0.3, -0.25) is 9.89 Å². The first-order chi connectivity index (χ1) is 15.7. The van der Waals surface area contributed by atoms with Crippen LogP contribution in [0.4, 0.5) is 16.0 Å². The second-order valence-electron chi connectivity index (χ2n) is 8.06. The van der Waals surface area contributed by atoms with Crippen LogP contribution in [-0.2, 0) is 0 Å². The van der Waals surface area contributed by atoms with E-state index in [0.29, 0.717) is 0 Å². The summed E-state index contributed by atoms with van der Waals surface area (Å²) >= 11 is 0. The molecule has 172 valence electrons. The van der Waals surface area contributed by atoms with Crippen LogP contribution in [0.1, 0.15) is 6.92 Å². The predicted octanol–water partition coefficient (Wildman–Crippen LogP) is 1.53. The van der Waals surface area contributed by atoms with Crippen LogP contribution in [0.15, 0.2) is 47.7 Å². The van der Waals surface area contributed by atoms with Crippen LogP contribution in [0.5, 0.6) is 0 Å². The number of nitrogens with one attached hydrogen (secondary N) is 1. The molecule has 0 aliphatic carbocycles. The Hall–Kier alpha value is -2.94. The average molecular weight is 441 g/mol. The Labute approximate surface area is 189 Å². The standard InChI is InChI=1S/C23H33FN8/c1-2-25-22(31-16-18-32(19-17-31)23-26-8-3-9-27-23)28-10-11-29-12-14-30(15-13-29)21-6-4-20(24)5-7-21/h3-9H,2,10-19H2,1H3,(H,25,28). The Kier molecular flexibility index (Phi) is 7.71. The van der Waals surface area contributed by atoms with Crippen molar-refractivity contribution in [1.29, 1.82) is 0 Å². The van der Waals surface area contributed by atoms with Crippen molar-refractivity contribution in [3.8, 4) is 0 Å². The molecule has 1 N–H and O–H groups in total. The molecule has 0 bridgehead atoms. The fourth-order valence-electron chi connectivity index (χ4n) is 4.18. The molecule has 4 rings (SSSR count). The molecule has 0 atom stereocenters. The maximum atomic E-state index is 13.2. The third-order valence-corrected chi connectivity index (χ3v) is 5.99. The first-order valence-electron chi connectivity index (χ1n) is 11.5. The molecule has 2 saturated heterocycles. The van der Waals surface area contributed by atoms with E-state index in [-0.39, 0.29) is 5.82 Å². The highest BCUT2D eigenvalue weighted by molar-refractivity contribution is 5.80. The molecule has 0 saturated carbocycles. The molecule has 3 heterocycles. The number of aromatic nitrogens is 2. The van der Waals surface area contributed by atoms with Crippen LogP contribution in [0.2, 0.25) is 0 Å². The van der Waals surface area contributed by atoms with Gasteiger partial charge in [-0.15, -0.1) is 0 Å². The number of piperazine rings is 2. The monoisotopic (exact) mass is 440 g/mol. The van der Waals surface area contributed by atoms with E-state index in [1.807, 2.05) is 18.2 Å². The lowest BCUT2D eigenvalue weighted by Gasteiger charge is -2.37. The van der Waals surface area contributed by atoms with E-state index in [2.05, 4.69) is 41.8 Å². The Morgan fingerprint density at radius 1 is 0.938 bits per heavy atom. The lowest BCUT2D eigenvalue weighted by Crippen LogP contribution is -2.53. The maximum absolute atomic E-state index is 13.2. The summed E-state index contributed by atoms with van der Waals surface area (Å²) in [6.45, 7) is 12.2. The smallest absolute Gasteiger partial charge is 0.225 e. The summed E-state index contributed by atoms with van der Waals surface area (Å²) in [5.41, 5.74) is 1.10. The molecule has 9 heteroatoms. The highest BCUT2D eigenvalue weighted by atomic mass is 19.1. The molecule has 2 aromatic rings. The number of hydrogen-bond acceptors (Lipinski definition) is 6. The molecule has 8 nitrogen and oxygen atoms in total. The zero-order valence-corrected chi connectivity index (χ0v) is 18.8. The number of halogens is 1. The summed E-state index contributed by atoms with van der Waals surface area (Å²) in [6.07, 6.45) is 3.58. The van der Waals surface area contributed by atoms with E-state index >= 15 is 0 Å². The van der Waals surface area contributed by atoms with Crippen molar-refractivity contribution in [2.75, 3.05) is 81.8 Å². The molecule has 0 radical (unpaired) electrons. The van der Waals surface area contributed by atoms with Gasteiger partial charge in [-0.05, 0) is 37.3 Å². The van der Waals surface area contributed by atoms with Crippen LogP contribution in [0.3, 0.4) is 0 Å². The van der Waals surface area contributed by atoms with Gasteiger partial charge in [0.05, 0.1) is 6.54 Å². The van der Waals surface area contributed by atoms with Gasteiger partial charge in [0.25, 0.3) is 0 Å². The number of rotatable bonds is 6. The summed E-state index contributed by atoms with van der Waals surface area (Å²) in [6, 6.07) is 8.64. The fraction of sp³-hybridized carbons (Fsp3) is 0.522. The van der Waals surface area contributed by atoms with Gasteiger partial charge in [-0.25, -0.2) is 14.4 Å². The van der Waals surface area contributed by atoms with Crippen LogP contribution < -0.4 is 15.1 Å². The number of nitrogens with zero attached hydrogens (tertiary/aromatic N) is 7. The molecule has 1 aromatic heterocycles. The van der Waals surface area contributed by atoms with Crippen LogP contribution in [0.25, 0.3) is 0 Å². The summed E-state index contributed by atoms with van der Waals surface area (Å²) < 4.78 is 13.2. The van der Waals surface area contributed by atoms with Crippen molar-refractivity contribution in [1.82, 2.24) is 25.1 Å². The summed E-state index contributed by atoms with van der Waals surface area (Å²) in [5.74, 6) is 1.61. The van der Waals surface area contributed by atoms with Crippen molar-refractivity contribution in [2.24, 2.45) is 4.99 Å². The minimum absolute atomic E-state index is 0.184. The Morgan fingerprint density at radius 3 is 2.25 bits per heavy atom. The molecule has 0 spiro atoms. The number of benzene rings is 1. The van der Waals surface area contributed by atoms with E-state index < -0.39 is 0 Å². The highest BCUT2D eigenvalue weighted by Gasteiger charge is 2.21. The molecular formula is C23H33FN8. The molecular weight excluding hydrogens is 407 g/mol. The molecule has 2 fully saturated rings. The Bertz CT molecular complexity index is 844. The van der Waals surface area contributed by atoms with Crippen LogP contribution in [0, 0.1) is 5.82 Å². The van der Waals surface area contributed by atoms with Crippen molar-refractivity contribution >= 4 is 17.6 Å². The average Bonchev–Trinajstić information content (AvgIpc) is 2.85. The number of anilines is 2. The first-order valence-corrected chi connectivity index (χ1v) is 11.5. The summed E-state index contributed by atoms with van der Waals surface area (Å²) in [4.78, 5) is 23.0. The van der Waals surface area contributed by atoms with Crippen molar-refractivity contribution in [3.05, 3.63) is 48.5 Å². The van der Waals surface area contributed by atoms with E-state index in [1.165, 1.54) is 12.1 Å². The van der Waals surface area contributed by atoms with Crippen LogP contribution >= 0.6 is 0 Å². The van der Waals surface area contributed by atoms with E-state index in [1.54, 1.807) is 12.4 Å². The van der Waals surface area contributed by atoms with E-state index in [9.17, 15) is 4.39 Å². The number of hydrogen-bond donors (Lipinski definition) is 1. The molecule has 2 aliphatic heterocycles. The van der Waals surface area contributed by atoms with Gasteiger partial charge in [0, 0.05) is 83.5 Å². The zero-order chi connectivity index (χ0) is 22.2. The van der Waals surface area contributed by atoms with Gasteiger partial charge in [0.15, 0.2) is 5.96 Å². The molecule has 0 amide bonds. The second kappa shape index (κ2) is 11.1. The van der Waals surface area contributed by atoms with Gasteiger partial charge < -0.3 is 20.0 Å². The fourth-order valence-corrected chi connectivity index (χ4v) is 4.18. The lowest BCUT2D eigenvalue weighted by atomic mass is 10.2. The van der Waals surface area contributed by atoms with Crippen molar-refractivity contribution in [3.63, 3.8) is 0 Å². The molecule has 1 aromatic carbocycles. The maximum Gasteiger partial charge on any atom is 0.225 e. The van der Waals surface area contributed by atoms with E-state index in [0.717, 1.165) is 89.6 Å². The predicted molar refractivity (Wildman–Crippen MR) is 127 cm³/mol. The summed E-state index contributed by atoms with van der Waals surface area (Å²) in [7, 11) is 0. The van der Waals surface area contributed by atoms with Crippen molar-refractivity contribution < 1.29 is 4.39 Å². The summed E-state index contributed by atoms with van der Waals surface area (Å²) in [5, 5.41) is 3.45. The van der Waals surface area contributed by atoms with E-state index in [4.69, 9.17) is 4.99 Å². The third kappa shape index (κ3) is 5.85. The van der Waals surface area contributed by atoms with Gasteiger partial charge in [-0.2, -0.15) is 0 Å². The van der Waals surface area contributed by atoms with Crippen molar-refractivity contribution in [2.45, 2.75) is 6.92 Å². The van der Waals surface area contributed by atoms with Gasteiger partial charge in [0.1, 0.15) is 5.82 Å². The Balaban J connectivity index is 1.23. The number of aliphatic imine (C=N–C) groups is 1. The SMILES string of the molecule is CCNC(=NCCN1CCN(c2ccc(F)cc2)CC1)N1CCN(c2ncccn2)CC1. The van der Waals surface area contributed by atoms with Gasteiger partial charge in [0.2, 0.25) is 5.95 Å². The van der Waals surface area contributed by atoms with Gasteiger partial charge in [-0.1, -0.05) is 0 Å². The number of guanidine groups is 1. The molecule has 0 unspecified atom stereocenters. The zero-order valence-electron chi connectivity index (χ0n) is 18.8. The van der Waals surface area contributed by atoms with Gasteiger partial charge >= 0.3 is 0 Å².